The van der Waals surface area contributed by atoms with Crippen LogP contribution in [0.15, 0.2) is 70.8 Å². The minimum atomic E-state index is -0.152. The van der Waals surface area contributed by atoms with Gasteiger partial charge in [-0.05, 0) is 0 Å². The van der Waals surface area contributed by atoms with Crippen molar-refractivity contribution in [2.24, 2.45) is 0 Å². The summed E-state index contributed by atoms with van der Waals surface area (Å²) in [5.74, 6) is 0. The third kappa shape index (κ3) is 2.57. The normalized spacial score (nSPS) is 9.78. The molecule has 18 heavy (non-hydrogen) atoms. The molecular formula is C16H15NTe. The molecule has 0 saturated heterocycles. The first-order valence-corrected chi connectivity index (χ1v) is 8.14. The summed E-state index contributed by atoms with van der Waals surface area (Å²) in [5, 5.41) is 0. The Labute approximate surface area is 117 Å². The van der Waals surface area contributed by atoms with Gasteiger partial charge in [-0.1, -0.05) is 0 Å². The van der Waals surface area contributed by atoms with Gasteiger partial charge in [0.1, 0.15) is 0 Å². The van der Waals surface area contributed by atoms with Gasteiger partial charge in [0.2, 0.25) is 0 Å². The first-order chi connectivity index (χ1) is 8.45. The zero-order valence-electron chi connectivity index (χ0n) is 10.0. The molecule has 0 saturated carbocycles. The van der Waals surface area contributed by atoms with Gasteiger partial charge in [0.25, 0.3) is 0 Å². The number of hydrogen-bond acceptors (Lipinski definition) is 1. The molecule has 3 N–H and O–H groups in total. The molecule has 0 aliphatic carbocycles. The Hall–Kier alpha value is -1.33. The van der Waals surface area contributed by atoms with Gasteiger partial charge in [-0.3, -0.25) is 0 Å². The summed E-state index contributed by atoms with van der Waals surface area (Å²) < 4.78 is 3.93. The van der Waals surface area contributed by atoms with E-state index in [1.165, 1.54) is 16.7 Å². The van der Waals surface area contributed by atoms with Crippen LogP contribution in [0.3, 0.4) is 0 Å². The van der Waals surface area contributed by atoms with Crippen molar-refractivity contribution in [1.29, 1.82) is 0 Å². The third-order valence-corrected chi connectivity index (χ3v) is 5.54. The van der Waals surface area contributed by atoms with Crippen LogP contribution in [0.5, 0.6) is 0 Å². The van der Waals surface area contributed by atoms with Gasteiger partial charge >= 0.3 is 112 Å². The first kappa shape index (κ1) is 13.1. The Balaban J connectivity index is 0.00000120. The van der Waals surface area contributed by atoms with Crippen molar-refractivity contribution in [3.63, 3.8) is 0 Å². The second kappa shape index (κ2) is 6.02. The summed E-state index contributed by atoms with van der Waals surface area (Å²) >= 11 is -0.152. The van der Waals surface area contributed by atoms with Crippen LogP contribution in [0.25, 0.3) is 20.3 Å². The van der Waals surface area contributed by atoms with Crippen molar-refractivity contribution in [3.8, 4) is 20.3 Å². The van der Waals surface area contributed by atoms with E-state index in [0.717, 1.165) is 0 Å². The predicted molar refractivity (Wildman–Crippen MR) is 79.3 cm³/mol. The molecule has 1 heterocycles. The quantitative estimate of drug-likeness (QED) is 0.691. The molecule has 2 heteroatoms. The van der Waals surface area contributed by atoms with Gasteiger partial charge in [-0.2, -0.15) is 0 Å². The second-order valence-corrected chi connectivity index (χ2v) is 6.51. The molecule has 0 spiro atoms. The Kier molecular flexibility index (Phi) is 4.38. The fourth-order valence-corrected chi connectivity index (χ4v) is 4.61. The predicted octanol–water partition coefficient (Wildman–Crippen LogP) is 4.24. The molecule has 2 aromatic carbocycles. The van der Waals surface area contributed by atoms with E-state index in [-0.39, 0.29) is 26.6 Å². The molecule has 90 valence electrons. The van der Waals surface area contributed by atoms with Crippen LogP contribution < -0.4 is 6.15 Å². The molecule has 0 bridgehead atoms. The summed E-state index contributed by atoms with van der Waals surface area (Å²) in [4.78, 5) is 0. The number of benzene rings is 2. The van der Waals surface area contributed by atoms with Crippen LogP contribution in [-0.2, 0) is 0 Å². The van der Waals surface area contributed by atoms with E-state index in [9.17, 15) is 0 Å². The van der Waals surface area contributed by atoms with Crippen molar-refractivity contribution in [3.05, 3.63) is 70.8 Å². The van der Waals surface area contributed by atoms with Gasteiger partial charge in [0, 0.05) is 0 Å². The van der Waals surface area contributed by atoms with Gasteiger partial charge in [0.05, 0.1) is 0 Å². The SMILES string of the molecule is N.c1ccc(-c2cc[te]c2-c2ccccc2)cc1. The summed E-state index contributed by atoms with van der Waals surface area (Å²) in [5.41, 5.74) is 4.14. The Bertz CT molecular complexity index is 545. The van der Waals surface area contributed by atoms with Gasteiger partial charge in [0.15, 0.2) is 0 Å². The van der Waals surface area contributed by atoms with Crippen LogP contribution in [-0.4, -0.2) is 20.4 Å². The van der Waals surface area contributed by atoms with E-state index in [1.54, 1.807) is 3.58 Å². The maximum atomic E-state index is 2.37. The molecule has 0 unspecified atom stereocenters. The second-order valence-electron chi connectivity index (χ2n) is 3.90. The van der Waals surface area contributed by atoms with Gasteiger partial charge < -0.3 is 6.15 Å². The van der Waals surface area contributed by atoms with Gasteiger partial charge in [-0.15, -0.1) is 0 Å². The van der Waals surface area contributed by atoms with Crippen molar-refractivity contribution >= 4 is 20.4 Å². The van der Waals surface area contributed by atoms with Crippen LogP contribution in [0.2, 0.25) is 0 Å². The van der Waals surface area contributed by atoms with E-state index in [0.29, 0.717) is 0 Å². The minimum absolute atomic E-state index is 0. The van der Waals surface area contributed by atoms with E-state index in [1.807, 2.05) is 0 Å². The van der Waals surface area contributed by atoms with Crippen LogP contribution in [0.4, 0.5) is 0 Å². The Morgan fingerprint density at radius 2 is 1.17 bits per heavy atom. The molecule has 1 aromatic heterocycles. The molecule has 0 amide bonds. The Morgan fingerprint density at radius 3 is 1.78 bits per heavy atom. The molecule has 0 aliphatic heterocycles. The average Bonchev–Trinajstić information content (AvgIpc) is 2.90. The molecule has 3 rings (SSSR count). The molecule has 0 aliphatic rings. The van der Waals surface area contributed by atoms with E-state index in [2.05, 4.69) is 70.8 Å². The molecule has 0 atom stereocenters. The summed E-state index contributed by atoms with van der Waals surface area (Å²) in [6, 6.07) is 23.7. The first-order valence-electron chi connectivity index (χ1n) is 5.63. The average molecular weight is 349 g/mol. The van der Waals surface area contributed by atoms with E-state index in [4.69, 9.17) is 0 Å². The van der Waals surface area contributed by atoms with Crippen LogP contribution in [0, 0.1) is 0 Å². The van der Waals surface area contributed by atoms with Gasteiger partial charge in [-0.25, -0.2) is 0 Å². The molecule has 0 radical (unpaired) electrons. The molecule has 0 fully saturated rings. The molecule has 3 aromatic rings. The zero-order valence-corrected chi connectivity index (χ0v) is 12.4. The topological polar surface area (TPSA) is 35.0 Å². The summed E-state index contributed by atoms with van der Waals surface area (Å²) in [7, 11) is 0. The molecule has 1 nitrogen and oxygen atoms in total. The maximum absolute atomic E-state index is 2.37. The monoisotopic (exact) mass is 351 g/mol. The summed E-state index contributed by atoms with van der Waals surface area (Å²) in [6.45, 7) is 0. The summed E-state index contributed by atoms with van der Waals surface area (Å²) in [6.07, 6.45) is 0. The number of rotatable bonds is 2. The van der Waals surface area contributed by atoms with Crippen LogP contribution >= 0.6 is 0 Å². The fourth-order valence-electron chi connectivity index (χ4n) is 1.97. The van der Waals surface area contributed by atoms with Crippen molar-refractivity contribution in [2.75, 3.05) is 0 Å². The van der Waals surface area contributed by atoms with Crippen molar-refractivity contribution in [2.45, 2.75) is 0 Å². The van der Waals surface area contributed by atoms with Crippen molar-refractivity contribution < 1.29 is 0 Å². The Morgan fingerprint density at radius 1 is 0.611 bits per heavy atom. The standard InChI is InChI=1S/C16H12Te.H3N/c1-3-7-13(8-4-1)15-11-12-17-16(15)14-9-5-2-6-10-14;/h1-12H;1H3. The number of hydrogen-bond donors (Lipinski definition) is 1. The fraction of sp³-hybridized carbons (Fsp3) is 0. The van der Waals surface area contributed by atoms with Crippen LogP contribution in [0.1, 0.15) is 0 Å². The van der Waals surface area contributed by atoms with Crippen molar-refractivity contribution in [1.82, 2.24) is 6.15 Å². The van der Waals surface area contributed by atoms with E-state index < -0.39 is 0 Å². The van der Waals surface area contributed by atoms with E-state index >= 15 is 0 Å². The third-order valence-electron chi connectivity index (χ3n) is 2.79. The zero-order chi connectivity index (χ0) is 11.5. The molecular weight excluding hydrogens is 334 g/mol.